The fourth-order valence-electron chi connectivity index (χ4n) is 4.65. The van der Waals surface area contributed by atoms with Crippen LogP contribution in [-0.4, -0.2) is 49.4 Å². The zero-order valence-corrected chi connectivity index (χ0v) is 18.6. The smallest absolute Gasteiger partial charge is 0.333 e. The number of carbonyl (C=O) groups excluding carboxylic acids is 2. The molecule has 1 unspecified atom stereocenters. The molecule has 6 nitrogen and oxygen atoms in total. The van der Waals surface area contributed by atoms with Crippen LogP contribution < -0.4 is 0 Å². The van der Waals surface area contributed by atoms with Gasteiger partial charge >= 0.3 is 6.18 Å². The Morgan fingerprint density at radius 3 is 2.48 bits per heavy atom. The van der Waals surface area contributed by atoms with Crippen LogP contribution in [0.2, 0.25) is 0 Å². The van der Waals surface area contributed by atoms with Gasteiger partial charge in [-0.25, -0.2) is 8.78 Å². The SMILES string of the molecule is O=C(CC(=O)N1CCn2c(nnc2C(F)(F)F)C1)C1CC2(SCCS2)c2cc(F)c(F)cc21. The fourth-order valence-corrected chi connectivity index (χ4v) is 8.04. The number of hydrogen-bond acceptors (Lipinski definition) is 6. The normalized spacial score (nSPS) is 21.4. The molecular formula is C20H17F5N4O2S2. The summed E-state index contributed by atoms with van der Waals surface area (Å²) in [6.07, 6.45) is -4.78. The minimum Gasteiger partial charge on any atom is -0.333 e. The van der Waals surface area contributed by atoms with Crippen LogP contribution in [0.1, 0.15) is 41.5 Å². The topological polar surface area (TPSA) is 68.1 Å². The lowest BCUT2D eigenvalue weighted by atomic mass is 9.94. The number of ketones is 1. The van der Waals surface area contributed by atoms with Crippen LogP contribution in [0.15, 0.2) is 12.1 Å². The van der Waals surface area contributed by atoms with Gasteiger partial charge in [0, 0.05) is 30.5 Å². The van der Waals surface area contributed by atoms with E-state index in [2.05, 4.69) is 10.2 Å². The molecule has 0 N–H and O–H groups in total. The zero-order chi connectivity index (χ0) is 23.5. The molecule has 33 heavy (non-hydrogen) atoms. The van der Waals surface area contributed by atoms with Crippen LogP contribution in [0, 0.1) is 11.6 Å². The Kier molecular flexibility index (Phi) is 5.46. The number of alkyl halides is 3. The maximum Gasteiger partial charge on any atom is 0.451 e. The highest BCUT2D eigenvalue weighted by Gasteiger charge is 2.50. The third kappa shape index (κ3) is 3.82. The number of thioether (sulfide) groups is 2. The number of benzene rings is 1. The average Bonchev–Trinajstić information content (AvgIpc) is 3.46. The standard InChI is InChI=1S/C20H17F5N4O2S2/c21-13-5-10-11(8-19(32-3-4-33-19)12(10)6-14(13)22)15(30)7-17(31)28-1-2-29-16(9-28)26-27-18(29)20(23,24)25/h5-6,11H,1-4,7-9H2. The van der Waals surface area contributed by atoms with Crippen LogP contribution in [-0.2, 0) is 32.9 Å². The summed E-state index contributed by atoms with van der Waals surface area (Å²) in [6.45, 7) is -0.340. The van der Waals surface area contributed by atoms with Crippen LogP contribution >= 0.6 is 23.5 Å². The second-order valence-corrected chi connectivity index (χ2v) is 11.2. The van der Waals surface area contributed by atoms with Gasteiger partial charge in [0.1, 0.15) is 5.78 Å². The van der Waals surface area contributed by atoms with Gasteiger partial charge in [-0.15, -0.1) is 33.7 Å². The second kappa shape index (κ2) is 7.97. The molecule has 1 amide bonds. The molecule has 1 aliphatic carbocycles. The van der Waals surface area contributed by atoms with E-state index in [4.69, 9.17) is 0 Å². The summed E-state index contributed by atoms with van der Waals surface area (Å²) in [5, 5.41) is 6.72. The van der Waals surface area contributed by atoms with Gasteiger partial charge in [0.2, 0.25) is 11.7 Å². The predicted octanol–water partition coefficient (Wildman–Crippen LogP) is 3.70. The van der Waals surface area contributed by atoms with Crippen molar-refractivity contribution < 1.29 is 31.5 Å². The van der Waals surface area contributed by atoms with Gasteiger partial charge in [0.05, 0.1) is 17.0 Å². The lowest BCUT2D eigenvalue weighted by Crippen LogP contribution is -2.40. The van der Waals surface area contributed by atoms with Crippen LogP contribution in [0.3, 0.4) is 0 Å². The Labute approximate surface area is 193 Å². The van der Waals surface area contributed by atoms with Gasteiger partial charge in [-0.05, 0) is 29.7 Å². The summed E-state index contributed by atoms with van der Waals surface area (Å²) >= 11 is 3.18. The number of rotatable bonds is 3. The molecule has 1 atom stereocenters. The maximum atomic E-state index is 14.0. The second-order valence-electron chi connectivity index (χ2n) is 8.11. The molecule has 176 valence electrons. The number of fused-ring (bicyclic) bond motifs is 3. The zero-order valence-electron chi connectivity index (χ0n) is 17.0. The van der Waals surface area contributed by atoms with Crippen molar-refractivity contribution in [2.75, 3.05) is 18.1 Å². The molecule has 0 radical (unpaired) electrons. The number of aromatic nitrogens is 3. The van der Waals surface area contributed by atoms with E-state index in [1.807, 2.05) is 0 Å². The maximum absolute atomic E-state index is 14.0. The third-order valence-corrected chi connectivity index (χ3v) is 9.67. The molecule has 1 fully saturated rings. The molecule has 5 rings (SSSR count). The largest absolute Gasteiger partial charge is 0.451 e. The molecule has 13 heteroatoms. The molecule has 1 spiro atoms. The van der Waals surface area contributed by atoms with Gasteiger partial charge in [0.25, 0.3) is 0 Å². The summed E-state index contributed by atoms with van der Waals surface area (Å²) in [4.78, 5) is 27.2. The molecule has 3 heterocycles. The van der Waals surface area contributed by atoms with Crippen molar-refractivity contribution in [1.29, 1.82) is 0 Å². The predicted molar refractivity (Wildman–Crippen MR) is 110 cm³/mol. The Hall–Kier alpha value is -2.15. The van der Waals surface area contributed by atoms with Crippen LogP contribution in [0.25, 0.3) is 0 Å². The van der Waals surface area contributed by atoms with Gasteiger partial charge < -0.3 is 9.47 Å². The first kappa shape index (κ1) is 22.6. The van der Waals surface area contributed by atoms with E-state index in [1.54, 1.807) is 23.5 Å². The highest BCUT2D eigenvalue weighted by Crippen LogP contribution is 2.62. The summed E-state index contributed by atoms with van der Waals surface area (Å²) in [5.74, 6) is -3.21. The summed E-state index contributed by atoms with van der Waals surface area (Å²) in [6, 6.07) is 2.20. The number of nitrogens with zero attached hydrogens (tertiary/aromatic N) is 4. The molecule has 2 aromatic rings. The minimum atomic E-state index is -4.65. The summed E-state index contributed by atoms with van der Waals surface area (Å²) in [7, 11) is 0. The molecule has 2 aliphatic heterocycles. The van der Waals surface area contributed by atoms with E-state index in [0.717, 1.165) is 28.2 Å². The van der Waals surface area contributed by atoms with E-state index in [9.17, 15) is 31.5 Å². The lowest BCUT2D eigenvalue weighted by molar-refractivity contribution is -0.148. The van der Waals surface area contributed by atoms with E-state index < -0.39 is 51.7 Å². The fraction of sp³-hybridized carbons (Fsp3) is 0.500. The van der Waals surface area contributed by atoms with Gasteiger partial charge in [-0.1, -0.05) is 0 Å². The molecule has 1 aromatic carbocycles. The highest BCUT2D eigenvalue weighted by atomic mass is 32.2. The Morgan fingerprint density at radius 1 is 1.09 bits per heavy atom. The third-order valence-electron chi connectivity index (χ3n) is 6.18. The average molecular weight is 505 g/mol. The number of hydrogen-bond donors (Lipinski definition) is 0. The van der Waals surface area contributed by atoms with Gasteiger partial charge in [-0.3, -0.25) is 9.59 Å². The molecule has 1 saturated heterocycles. The Morgan fingerprint density at radius 2 is 1.79 bits per heavy atom. The molecule has 3 aliphatic rings. The molecule has 0 saturated carbocycles. The van der Waals surface area contributed by atoms with Gasteiger partial charge in [0.15, 0.2) is 17.5 Å². The Balaban J connectivity index is 1.33. The van der Waals surface area contributed by atoms with Crippen molar-refractivity contribution in [2.24, 2.45) is 0 Å². The summed E-state index contributed by atoms with van der Waals surface area (Å²) < 4.78 is 67.4. The quantitative estimate of drug-likeness (QED) is 0.469. The number of carbonyl (C=O) groups is 2. The molecule has 1 aromatic heterocycles. The van der Waals surface area contributed by atoms with E-state index in [-0.39, 0.29) is 25.5 Å². The summed E-state index contributed by atoms with van der Waals surface area (Å²) in [5.41, 5.74) is 0.993. The van der Waals surface area contributed by atoms with Crippen LogP contribution in [0.4, 0.5) is 22.0 Å². The van der Waals surface area contributed by atoms with Crippen molar-refractivity contribution in [3.05, 3.63) is 46.5 Å². The van der Waals surface area contributed by atoms with Crippen molar-refractivity contribution >= 4 is 35.2 Å². The number of Topliss-reactive ketones (excluding diaryl/α,β-unsaturated/α-hetero) is 1. The van der Waals surface area contributed by atoms with Crippen molar-refractivity contribution in [3.63, 3.8) is 0 Å². The first-order valence-corrected chi connectivity index (χ1v) is 12.1. The molecular weight excluding hydrogens is 487 g/mol. The highest BCUT2D eigenvalue weighted by molar-refractivity contribution is 8.20. The lowest BCUT2D eigenvalue weighted by Gasteiger charge is -2.28. The first-order valence-electron chi connectivity index (χ1n) is 10.2. The first-order chi connectivity index (χ1) is 15.6. The molecule has 0 bridgehead atoms. The van der Waals surface area contributed by atoms with Crippen molar-refractivity contribution in [1.82, 2.24) is 19.7 Å². The monoisotopic (exact) mass is 504 g/mol. The number of amides is 1. The van der Waals surface area contributed by atoms with E-state index in [1.165, 1.54) is 4.90 Å². The Bertz CT molecular complexity index is 1150. The van der Waals surface area contributed by atoms with E-state index in [0.29, 0.717) is 17.5 Å². The van der Waals surface area contributed by atoms with Crippen molar-refractivity contribution in [3.8, 4) is 0 Å². The van der Waals surface area contributed by atoms with E-state index >= 15 is 0 Å². The van der Waals surface area contributed by atoms with Crippen molar-refractivity contribution in [2.45, 2.75) is 42.1 Å². The number of halogens is 5. The minimum absolute atomic E-state index is 0.00385. The van der Waals surface area contributed by atoms with Gasteiger partial charge in [-0.2, -0.15) is 13.2 Å². The van der Waals surface area contributed by atoms with Crippen LogP contribution in [0.5, 0.6) is 0 Å².